The molecule has 1 aliphatic rings. The van der Waals surface area contributed by atoms with E-state index >= 15 is 0 Å². The lowest BCUT2D eigenvalue weighted by atomic mass is 10.2. The molecule has 2 aromatic rings. The monoisotopic (exact) mass is 259 g/mol. The van der Waals surface area contributed by atoms with Crippen LogP contribution in [0, 0.1) is 0 Å². The van der Waals surface area contributed by atoms with Gasteiger partial charge in [0.05, 0.1) is 6.54 Å². The second-order valence-electron chi connectivity index (χ2n) is 4.27. The molecule has 1 N–H and O–H groups in total. The minimum atomic E-state index is -0.0882. The van der Waals surface area contributed by atoms with Gasteiger partial charge in [0.1, 0.15) is 5.82 Å². The summed E-state index contributed by atoms with van der Waals surface area (Å²) < 4.78 is 10.5. The molecule has 1 aromatic heterocycles. The highest BCUT2D eigenvalue weighted by Crippen LogP contribution is 2.32. The maximum Gasteiger partial charge on any atom is 0.254 e. The molecule has 6 heteroatoms. The summed E-state index contributed by atoms with van der Waals surface area (Å²) in [6, 6.07) is 5.17. The van der Waals surface area contributed by atoms with E-state index in [1.807, 2.05) is 0 Å². The number of imidazole rings is 1. The zero-order valence-corrected chi connectivity index (χ0v) is 10.4. The molecular weight excluding hydrogens is 246 g/mol. The molecule has 0 saturated heterocycles. The number of ether oxygens (including phenoxy) is 2. The molecule has 0 saturated carbocycles. The molecule has 3 rings (SSSR count). The van der Waals surface area contributed by atoms with E-state index in [-0.39, 0.29) is 12.7 Å². The Morgan fingerprint density at radius 3 is 3.05 bits per heavy atom. The number of nitrogens with one attached hydrogen (secondary N) is 1. The topological polar surface area (TPSA) is 67.5 Å². The number of aromatic amines is 1. The predicted molar refractivity (Wildman–Crippen MR) is 67.0 cm³/mol. The van der Waals surface area contributed by atoms with Crippen molar-refractivity contribution in [1.82, 2.24) is 14.9 Å². The van der Waals surface area contributed by atoms with Crippen LogP contribution < -0.4 is 9.47 Å². The fourth-order valence-corrected chi connectivity index (χ4v) is 1.93. The number of aromatic nitrogens is 2. The number of amides is 1. The van der Waals surface area contributed by atoms with Crippen molar-refractivity contribution in [2.45, 2.75) is 6.54 Å². The molecule has 98 valence electrons. The lowest BCUT2D eigenvalue weighted by Gasteiger charge is -2.15. The van der Waals surface area contributed by atoms with Gasteiger partial charge in [-0.2, -0.15) is 0 Å². The standard InChI is InChI=1S/C13H13N3O3/c1-16(7-12-14-4-5-15-12)13(17)9-2-3-10-11(6-9)19-8-18-10/h2-6H,7-8H2,1H3,(H,14,15). The van der Waals surface area contributed by atoms with Crippen LogP contribution in [0.5, 0.6) is 11.5 Å². The summed E-state index contributed by atoms with van der Waals surface area (Å²) in [4.78, 5) is 20.9. The summed E-state index contributed by atoms with van der Waals surface area (Å²) in [5.74, 6) is 1.94. The molecule has 1 amide bonds. The van der Waals surface area contributed by atoms with Crippen molar-refractivity contribution in [3.63, 3.8) is 0 Å². The van der Waals surface area contributed by atoms with E-state index in [0.29, 0.717) is 23.6 Å². The second-order valence-corrected chi connectivity index (χ2v) is 4.27. The van der Waals surface area contributed by atoms with Gasteiger partial charge in [0.25, 0.3) is 5.91 Å². The molecule has 0 bridgehead atoms. The average molecular weight is 259 g/mol. The smallest absolute Gasteiger partial charge is 0.254 e. The number of H-pyrrole nitrogens is 1. The third-order valence-corrected chi connectivity index (χ3v) is 2.91. The molecule has 1 aromatic carbocycles. The molecule has 0 fully saturated rings. The van der Waals surface area contributed by atoms with Gasteiger partial charge in [0, 0.05) is 25.0 Å². The van der Waals surface area contributed by atoms with E-state index in [2.05, 4.69) is 9.97 Å². The van der Waals surface area contributed by atoms with Gasteiger partial charge in [-0.15, -0.1) is 0 Å². The van der Waals surface area contributed by atoms with Crippen LogP contribution >= 0.6 is 0 Å². The zero-order chi connectivity index (χ0) is 13.2. The Balaban J connectivity index is 1.76. The number of benzene rings is 1. The van der Waals surface area contributed by atoms with Crippen LogP contribution in [0.3, 0.4) is 0 Å². The Labute approximate surface area is 110 Å². The zero-order valence-electron chi connectivity index (χ0n) is 10.4. The first-order valence-corrected chi connectivity index (χ1v) is 5.87. The molecule has 0 aliphatic carbocycles. The Kier molecular flexibility index (Phi) is 2.83. The molecule has 0 unspecified atom stereocenters. The Bertz CT molecular complexity index is 595. The Morgan fingerprint density at radius 1 is 1.42 bits per heavy atom. The molecular formula is C13H13N3O3. The van der Waals surface area contributed by atoms with Crippen molar-refractivity contribution in [3.8, 4) is 11.5 Å². The van der Waals surface area contributed by atoms with Gasteiger partial charge in [0.2, 0.25) is 6.79 Å². The number of nitrogens with zero attached hydrogens (tertiary/aromatic N) is 2. The third kappa shape index (κ3) is 2.24. The lowest BCUT2D eigenvalue weighted by molar-refractivity contribution is 0.0781. The van der Waals surface area contributed by atoms with Gasteiger partial charge in [-0.25, -0.2) is 4.98 Å². The summed E-state index contributed by atoms with van der Waals surface area (Å²) >= 11 is 0. The minimum Gasteiger partial charge on any atom is -0.454 e. The Hall–Kier alpha value is -2.50. The number of carbonyl (C=O) groups is 1. The van der Waals surface area contributed by atoms with Crippen LogP contribution in [-0.2, 0) is 6.54 Å². The fourth-order valence-electron chi connectivity index (χ4n) is 1.93. The quantitative estimate of drug-likeness (QED) is 0.905. The van der Waals surface area contributed by atoms with Crippen molar-refractivity contribution in [1.29, 1.82) is 0 Å². The van der Waals surface area contributed by atoms with Gasteiger partial charge >= 0.3 is 0 Å². The van der Waals surface area contributed by atoms with Gasteiger partial charge in [-0.05, 0) is 18.2 Å². The number of fused-ring (bicyclic) bond motifs is 1. The molecule has 1 aliphatic heterocycles. The van der Waals surface area contributed by atoms with Crippen LogP contribution in [0.2, 0.25) is 0 Å². The van der Waals surface area contributed by atoms with E-state index < -0.39 is 0 Å². The highest BCUT2D eigenvalue weighted by molar-refractivity contribution is 5.94. The molecule has 0 atom stereocenters. The number of hydrogen-bond donors (Lipinski definition) is 1. The first kappa shape index (κ1) is 11.6. The van der Waals surface area contributed by atoms with E-state index in [9.17, 15) is 4.79 Å². The molecule has 2 heterocycles. The number of rotatable bonds is 3. The third-order valence-electron chi connectivity index (χ3n) is 2.91. The van der Waals surface area contributed by atoms with Crippen LogP contribution in [0.25, 0.3) is 0 Å². The highest BCUT2D eigenvalue weighted by Gasteiger charge is 2.18. The maximum absolute atomic E-state index is 12.3. The maximum atomic E-state index is 12.3. The number of hydrogen-bond acceptors (Lipinski definition) is 4. The van der Waals surface area contributed by atoms with Crippen LogP contribution in [0.1, 0.15) is 16.2 Å². The van der Waals surface area contributed by atoms with Gasteiger partial charge in [0.15, 0.2) is 11.5 Å². The number of carbonyl (C=O) groups excluding carboxylic acids is 1. The summed E-state index contributed by atoms with van der Waals surface area (Å²) in [7, 11) is 1.73. The van der Waals surface area contributed by atoms with E-state index in [1.54, 1.807) is 42.5 Å². The molecule has 6 nitrogen and oxygen atoms in total. The summed E-state index contributed by atoms with van der Waals surface area (Å²) in [5.41, 5.74) is 0.568. The van der Waals surface area contributed by atoms with Crippen molar-refractivity contribution < 1.29 is 14.3 Å². The summed E-state index contributed by atoms with van der Waals surface area (Å²) in [6.45, 7) is 0.634. The summed E-state index contributed by atoms with van der Waals surface area (Å²) in [6.07, 6.45) is 3.39. The SMILES string of the molecule is CN(Cc1ncc[nH]1)C(=O)c1ccc2c(c1)OCO2. The first-order valence-electron chi connectivity index (χ1n) is 5.87. The largest absolute Gasteiger partial charge is 0.454 e. The minimum absolute atomic E-state index is 0.0882. The van der Waals surface area contributed by atoms with Gasteiger partial charge in [-0.1, -0.05) is 0 Å². The van der Waals surface area contributed by atoms with Gasteiger partial charge < -0.3 is 19.4 Å². The lowest BCUT2D eigenvalue weighted by Crippen LogP contribution is -2.26. The van der Waals surface area contributed by atoms with Crippen LogP contribution in [0.15, 0.2) is 30.6 Å². The molecule has 19 heavy (non-hydrogen) atoms. The predicted octanol–water partition coefficient (Wildman–Crippen LogP) is 1.41. The molecule has 0 spiro atoms. The van der Waals surface area contributed by atoms with Crippen LogP contribution in [0.4, 0.5) is 0 Å². The van der Waals surface area contributed by atoms with Crippen molar-refractivity contribution in [2.75, 3.05) is 13.8 Å². The van der Waals surface area contributed by atoms with E-state index in [0.717, 1.165) is 5.82 Å². The summed E-state index contributed by atoms with van der Waals surface area (Å²) in [5, 5.41) is 0. The van der Waals surface area contributed by atoms with E-state index in [1.165, 1.54) is 0 Å². The highest BCUT2D eigenvalue weighted by atomic mass is 16.7. The molecule has 0 radical (unpaired) electrons. The first-order chi connectivity index (χ1) is 9.24. The van der Waals surface area contributed by atoms with Crippen molar-refractivity contribution in [2.24, 2.45) is 0 Å². The normalized spacial score (nSPS) is 12.5. The van der Waals surface area contributed by atoms with Crippen molar-refractivity contribution in [3.05, 3.63) is 42.0 Å². The van der Waals surface area contributed by atoms with Gasteiger partial charge in [-0.3, -0.25) is 4.79 Å². The van der Waals surface area contributed by atoms with E-state index in [4.69, 9.17) is 9.47 Å². The van der Waals surface area contributed by atoms with Crippen molar-refractivity contribution >= 4 is 5.91 Å². The second kappa shape index (κ2) is 4.64. The average Bonchev–Trinajstić information content (AvgIpc) is 3.07. The Morgan fingerprint density at radius 2 is 2.26 bits per heavy atom. The van der Waals surface area contributed by atoms with Crippen LogP contribution in [-0.4, -0.2) is 34.6 Å². The fraction of sp³-hybridized carbons (Fsp3) is 0.231.